The van der Waals surface area contributed by atoms with Crippen molar-refractivity contribution in [3.8, 4) is 0 Å². The van der Waals surface area contributed by atoms with Gasteiger partial charge in [-0.15, -0.1) is 0 Å². The van der Waals surface area contributed by atoms with E-state index in [2.05, 4.69) is 15.6 Å². The first-order valence-electron chi connectivity index (χ1n) is 5.63. The summed E-state index contributed by atoms with van der Waals surface area (Å²) in [4.78, 5) is 26.4. The Bertz CT molecular complexity index is 473. The lowest BCUT2D eigenvalue weighted by molar-refractivity contribution is -0.144. The number of hydrogen-bond donors (Lipinski definition) is 3. The molecular formula is C12H14N2O4. The molecule has 1 aromatic carbocycles. The molecule has 0 atom stereocenters. The van der Waals surface area contributed by atoms with Gasteiger partial charge in [0.1, 0.15) is 0 Å². The molecule has 0 saturated carbocycles. The quantitative estimate of drug-likeness (QED) is 0.659. The molecule has 96 valence electrons. The lowest BCUT2D eigenvalue weighted by atomic mass is 9.98. The number of carbonyl (C=O) groups is 2. The van der Waals surface area contributed by atoms with Crippen LogP contribution in [0.4, 0.5) is 0 Å². The van der Waals surface area contributed by atoms with Gasteiger partial charge in [0.25, 0.3) is 5.91 Å². The monoisotopic (exact) mass is 250 g/mol. The highest BCUT2D eigenvalue weighted by molar-refractivity contribution is 5.93. The molecule has 0 bridgehead atoms. The van der Waals surface area contributed by atoms with Gasteiger partial charge < -0.3 is 10.4 Å². The second-order valence-corrected chi connectivity index (χ2v) is 4.02. The van der Waals surface area contributed by atoms with Crippen LogP contribution in [-0.4, -0.2) is 30.1 Å². The molecule has 6 heteroatoms. The van der Waals surface area contributed by atoms with E-state index in [1.165, 1.54) is 5.56 Å². The zero-order valence-electron chi connectivity index (χ0n) is 9.73. The maximum atomic E-state index is 11.7. The van der Waals surface area contributed by atoms with Crippen LogP contribution in [0.3, 0.4) is 0 Å². The summed E-state index contributed by atoms with van der Waals surface area (Å²) < 4.78 is 0. The van der Waals surface area contributed by atoms with Crippen LogP contribution in [0.25, 0.3) is 0 Å². The number of nitrogens with one attached hydrogen (secondary N) is 2. The van der Waals surface area contributed by atoms with Gasteiger partial charge in [-0.1, -0.05) is 6.07 Å². The Hall–Kier alpha value is -1.92. The van der Waals surface area contributed by atoms with E-state index in [1.54, 1.807) is 12.1 Å². The Morgan fingerprint density at radius 1 is 1.39 bits per heavy atom. The number of amides is 1. The zero-order chi connectivity index (χ0) is 13.0. The van der Waals surface area contributed by atoms with Gasteiger partial charge >= 0.3 is 5.97 Å². The largest absolute Gasteiger partial charge is 0.479 e. The zero-order valence-corrected chi connectivity index (χ0v) is 9.73. The Kier molecular flexibility index (Phi) is 3.91. The maximum Gasteiger partial charge on any atom is 0.332 e. The number of carboxylic acids is 1. The summed E-state index contributed by atoms with van der Waals surface area (Å²) in [5.41, 5.74) is 4.88. The number of rotatable bonds is 4. The summed E-state index contributed by atoms with van der Waals surface area (Å²) in [6.45, 7) is 1.13. The van der Waals surface area contributed by atoms with Crippen molar-refractivity contribution in [1.82, 2.24) is 10.8 Å². The number of benzene rings is 1. The van der Waals surface area contributed by atoms with Crippen LogP contribution >= 0.6 is 0 Å². The maximum absolute atomic E-state index is 11.7. The molecule has 1 aliphatic rings. The van der Waals surface area contributed by atoms with Crippen LogP contribution < -0.4 is 10.8 Å². The fraction of sp³-hybridized carbons (Fsp3) is 0.333. The average molecular weight is 250 g/mol. The molecule has 1 heterocycles. The highest BCUT2D eigenvalue weighted by Gasteiger charge is 2.12. The molecule has 1 aromatic rings. The van der Waals surface area contributed by atoms with Gasteiger partial charge in [-0.2, -0.15) is 0 Å². The van der Waals surface area contributed by atoms with Crippen LogP contribution in [0, 0.1) is 0 Å². The van der Waals surface area contributed by atoms with Crippen molar-refractivity contribution in [1.29, 1.82) is 0 Å². The van der Waals surface area contributed by atoms with Gasteiger partial charge in [0.2, 0.25) is 0 Å². The van der Waals surface area contributed by atoms with Gasteiger partial charge in [-0.05, 0) is 36.2 Å². The molecule has 0 aromatic heterocycles. The molecule has 0 aliphatic carbocycles. The Morgan fingerprint density at radius 2 is 2.22 bits per heavy atom. The van der Waals surface area contributed by atoms with E-state index < -0.39 is 18.5 Å². The standard InChI is InChI=1S/C12H14N2O4/c15-11(16)7-18-14-12(17)9-2-1-8-3-4-13-6-10(8)5-9/h1-2,5,13H,3-4,6-7H2,(H,14,17)(H,15,16). The number of aliphatic carboxylic acids is 1. The summed E-state index contributed by atoms with van der Waals surface area (Å²) >= 11 is 0. The summed E-state index contributed by atoms with van der Waals surface area (Å²) in [7, 11) is 0. The molecule has 18 heavy (non-hydrogen) atoms. The molecule has 0 saturated heterocycles. The normalized spacial score (nSPS) is 13.8. The third kappa shape index (κ3) is 3.06. The fourth-order valence-corrected chi connectivity index (χ4v) is 1.84. The molecule has 0 spiro atoms. The lowest BCUT2D eigenvalue weighted by Crippen LogP contribution is -2.28. The van der Waals surface area contributed by atoms with E-state index in [0.717, 1.165) is 25.1 Å². The van der Waals surface area contributed by atoms with Gasteiger partial charge in [0.05, 0.1) is 0 Å². The SMILES string of the molecule is O=C(O)CONC(=O)c1ccc2c(c1)CNCC2. The fourth-order valence-electron chi connectivity index (χ4n) is 1.84. The molecule has 1 aliphatic heterocycles. The van der Waals surface area contributed by atoms with E-state index in [9.17, 15) is 9.59 Å². The molecule has 1 amide bonds. The van der Waals surface area contributed by atoms with E-state index in [1.807, 2.05) is 6.07 Å². The molecular weight excluding hydrogens is 236 g/mol. The van der Waals surface area contributed by atoms with E-state index in [-0.39, 0.29) is 0 Å². The van der Waals surface area contributed by atoms with Crippen molar-refractivity contribution in [3.63, 3.8) is 0 Å². The summed E-state index contributed by atoms with van der Waals surface area (Å²) in [5, 5.41) is 11.6. The predicted octanol–water partition coefficient (Wildman–Crippen LogP) is 0.0783. The van der Waals surface area contributed by atoms with Crippen LogP contribution in [0.15, 0.2) is 18.2 Å². The Labute approximate surface area is 104 Å². The minimum absolute atomic E-state index is 0.440. The number of fused-ring (bicyclic) bond motifs is 1. The van der Waals surface area contributed by atoms with Gasteiger partial charge in [0.15, 0.2) is 6.61 Å². The van der Waals surface area contributed by atoms with Gasteiger partial charge in [-0.3, -0.25) is 9.63 Å². The van der Waals surface area contributed by atoms with Crippen molar-refractivity contribution in [3.05, 3.63) is 34.9 Å². The topological polar surface area (TPSA) is 87.7 Å². The number of hydroxylamine groups is 1. The Balaban J connectivity index is 2.00. The predicted molar refractivity (Wildman–Crippen MR) is 62.9 cm³/mol. The van der Waals surface area contributed by atoms with Crippen LogP contribution in [0.5, 0.6) is 0 Å². The van der Waals surface area contributed by atoms with E-state index >= 15 is 0 Å². The summed E-state index contributed by atoms with van der Waals surface area (Å²) in [5.74, 6) is -1.57. The highest BCUT2D eigenvalue weighted by atomic mass is 16.7. The first-order chi connectivity index (χ1) is 8.66. The summed E-state index contributed by atoms with van der Waals surface area (Å²) in [6, 6.07) is 5.42. The lowest BCUT2D eigenvalue weighted by Gasteiger charge is -2.17. The third-order valence-corrected chi connectivity index (χ3v) is 2.72. The Morgan fingerprint density at radius 3 is 3.00 bits per heavy atom. The van der Waals surface area contributed by atoms with E-state index in [0.29, 0.717) is 5.56 Å². The molecule has 0 radical (unpaired) electrons. The van der Waals surface area contributed by atoms with Gasteiger partial charge in [0, 0.05) is 12.1 Å². The molecule has 3 N–H and O–H groups in total. The number of carbonyl (C=O) groups excluding carboxylic acids is 1. The van der Waals surface area contributed by atoms with Gasteiger partial charge in [-0.25, -0.2) is 10.3 Å². The van der Waals surface area contributed by atoms with Crippen molar-refractivity contribution < 1.29 is 19.5 Å². The minimum atomic E-state index is -1.13. The smallest absolute Gasteiger partial charge is 0.332 e. The number of hydrogen-bond acceptors (Lipinski definition) is 4. The third-order valence-electron chi connectivity index (χ3n) is 2.72. The minimum Gasteiger partial charge on any atom is -0.479 e. The van der Waals surface area contributed by atoms with Crippen molar-refractivity contribution in [2.75, 3.05) is 13.2 Å². The first kappa shape index (κ1) is 12.5. The van der Waals surface area contributed by atoms with Crippen LogP contribution in [0.1, 0.15) is 21.5 Å². The molecule has 2 rings (SSSR count). The second kappa shape index (κ2) is 5.61. The highest BCUT2D eigenvalue weighted by Crippen LogP contribution is 2.15. The number of carboxylic acid groups (broad SMARTS) is 1. The van der Waals surface area contributed by atoms with Crippen molar-refractivity contribution >= 4 is 11.9 Å². The molecule has 0 fully saturated rings. The first-order valence-corrected chi connectivity index (χ1v) is 5.63. The van der Waals surface area contributed by atoms with Crippen LogP contribution in [0.2, 0.25) is 0 Å². The van der Waals surface area contributed by atoms with Crippen LogP contribution in [-0.2, 0) is 22.6 Å². The summed E-state index contributed by atoms with van der Waals surface area (Å²) in [6.07, 6.45) is 0.951. The second-order valence-electron chi connectivity index (χ2n) is 4.02. The van der Waals surface area contributed by atoms with Crippen molar-refractivity contribution in [2.24, 2.45) is 0 Å². The molecule has 0 unspecified atom stereocenters. The molecule has 6 nitrogen and oxygen atoms in total. The van der Waals surface area contributed by atoms with E-state index in [4.69, 9.17) is 5.11 Å². The average Bonchev–Trinajstić information content (AvgIpc) is 2.37. The van der Waals surface area contributed by atoms with Crippen molar-refractivity contribution in [2.45, 2.75) is 13.0 Å².